The summed E-state index contributed by atoms with van der Waals surface area (Å²) in [5, 5.41) is 18.7. The van der Waals surface area contributed by atoms with Gasteiger partial charge in [-0.25, -0.2) is 9.67 Å². The number of H-pyrrole nitrogens is 1. The Labute approximate surface area is 184 Å². The molecule has 10 nitrogen and oxygen atoms in total. The van der Waals surface area contributed by atoms with Crippen LogP contribution in [-0.4, -0.2) is 31.6 Å². The van der Waals surface area contributed by atoms with Crippen LogP contribution in [0.1, 0.15) is 41.8 Å². The number of nitrogens with zero attached hydrogens (tertiary/aromatic N) is 4. The molecule has 2 aromatic heterocycles. The number of hydrogen-bond donors (Lipinski definition) is 3. The van der Waals surface area contributed by atoms with Crippen LogP contribution in [0.5, 0.6) is 0 Å². The highest BCUT2D eigenvalue weighted by Gasteiger charge is 2.16. The van der Waals surface area contributed by atoms with Crippen molar-refractivity contribution in [3.8, 4) is 6.07 Å². The van der Waals surface area contributed by atoms with Gasteiger partial charge in [0.15, 0.2) is 0 Å². The van der Waals surface area contributed by atoms with Crippen molar-refractivity contribution in [2.24, 2.45) is 0 Å². The molecule has 32 heavy (non-hydrogen) atoms. The van der Waals surface area contributed by atoms with Crippen LogP contribution in [0.2, 0.25) is 0 Å². The highest BCUT2D eigenvalue weighted by molar-refractivity contribution is 5.94. The molecule has 0 aliphatic carbocycles. The summed E-state index contributed by atoms with van der Waals surface area (Å²) < 4.78 is 1.45. The first kappa shape index (κ1) is 22.4. The van der Waals surface area contributed by atoms with Gasteiger partial charge in [0, 0.05) is 23.5 Å². The van der Waals surface area contributed by atoms with E-state index in [1.165, 1.54) is 17.3 Å². The Balaban J connectivity index is 1.57. The van der Waals surface area contributed by atoms with Gasteiger partial charge < -0.3 is 15.6 Å². The van der Waals surface area contributed by atoms with E-state index >= 15 is 0 Å². The molecule has 0 aliphatic rings. The van der Waals surface area contributed by atoms with Gasteiger partial charge in [-0.05, 0) is 62.6 Å². The van der Waals surface area contributed by atoms with Crippen LogP contribution >= 0.6 is 0 Å². The first-order valence-electron chi connectivity index (χ1n) is 9.97. The number of anilines is 2. The zero-order chi connectivity index (χ0) is 23.3. The molecule has 164 valence electrons. The zero-order valence-electron chi connectivity index (χ0n) is 18.0. The summed E-state index contributed by atoms with van der Waals surface area (Å²) in [6.45, 7) is 5.17. The fraction of sp³-hybridized carbons (Fsp3) is 0.273. The number of aromatic amines is 1. The van der Waals surface area contributed by atoms with E-state index in [1.54, 1.807) is 45.0 Å². The summed E-state index contributed by atoms with van der Waals surface area (Å²) in [7, 11) is 0. The molecule has 2 heterocycles. The minimum absolute atomic E-state index is 0.0711. The Morgan fingerprint density at radius 2 is 1.84 bits per heavy atom. The maximum absolute atomic E-state index is 12.4. The lowest BCUT2D eigenvalue weighted by atomic mass is 9.99. The molecule has 3 N–H and O–H groups in total. The number of aryl methyl sites for hydroxylation is 1. The topological polar surface area (TPSA) is 146 Å². The van der Waals surface area contributed by atoms with Crippen molar-refractivity contribution in [2.75, 3.05) is 10.6 Å². The second kappa shape index (κ2) is 9.70. The number of benzene rings is 1. The molecule has 0 fully saturated rings. The highest BCUT2D eigenvalue weighted by Crippen LogP contribution is 2.18. The Morgan fingerprint density at radius 3 is 2.44 bits per heavy atom. The van der Waals surface area contributed by atoms with Gasteiger partial charge in [-0.15, -0.1) is 0 Å². The maximum atomic E-state index is 12.4. The van der Waals surface area contributed by atoms with Gasteiger partial charge in [0.05, 0.1) is 0 Å². The van der Waals surface area contributed by atoms with Gasteiger partial charge >= 0.3 is 0 Å². The van der Waals surface area contributed by atoms with Crippen LogP contribution < -0.4 is 16.2 Å². The van der Waals surface area contributed by atoms with Gasteiger partial charge in [-0.2, -0.15) is 10.4 Å². The summed E-state index contributed by atoms with van der Waals surface area (Å²) in [6, 6.07) is 8.16. The van der Waals surface area contributed by atoms with Crippen LogP contribution in [0.3, 0.4) is 0 Å². The van der Waals surface area contributed by atoms with E-state index in [1.807, 2.05) is 6.07 Å². The van der Waals surface area contributed by atoms with Crippen molar-refractivity contribution in [2.45, 2.75) is 39.7 Å². The van der Waals surface area contributed by atoms with E-state index in [0.29, 0.717) is 29.1 Å². The average Bonchev–Trinajstić information content (AvgIpc) is 3.29. The minimum Gasteiger partial charge on any atom is -0.326 e. The van der Waals surface area contributed by atoms with Crippen LogP contribution in [0.15, 0.2) is 41.7 Å². The quantitative estimate of drug-likeness (QED) is 0.521. The average molecular weight is 433 g/mol. The molecule has 0 bridgehead atoms. The molecule has 0 spiro atoms. The Kier molecular flexibility index (Phi) is 6.80. The molecule has 1 atom stereocenters. The normalized spacial score (nSPS) is 11.4. The van der Waals surface area contributed by atoms with Crippen molar-refractivity contribution in [3.05, 3.63) is 69.7 Å². The number of amides is 2. The standard InChI is InChI=1S/C22H23N7O3/c1-13-18(14(2)26-22(32)19(13)10-23)8-9-20(30)27-16-4-6-17(7-5-16)28-21(31)15(3)29-12-24-11-25-29/h4-7,11-12,15H,8-9H2,1-3H3,(H,26,32)(H,27,30)(H,28,31). The molecule has 10 heteroatoms. The number of carbonyl (C=O) groups is 2. The van der Waals surface area contributed by atoms with Crippen LogP contribution in [0.4, 0.5) is 11.4 Å². The van der Waals surface area contributed by atoms with Crippen LogP contribution in [-0.2, 0) is 16.0 Å². The van der Waals surface area contributed by atoms with E-state index in [4.69, 9.17) is 5.26 Å². The first-order valence-corrected chi connectivity index (χ1v) is 9.97. The molecule has 3 rings (SSSR count). The van der Waals surface area contributed by atoms with E-state index in [2.05, 4.69) is 25.7 Å². The van der Waals surface area contributed by atoms with Crippen LogP contribution in [0.25, 0.3) is 0 Å². The second-order valence-electron chi connectivity index (χ2n) is 7.34. The molecule has 1 aromatic carbocycles. The summed E-state index contributed by atoms with van der Waals surface area (Å²) in [5.41, 5.74) is 2.87. The third-order valence-corrected chi connectivity index (χ3v) is 5.17. The number of rotatable bonds is 7. The van der Waals surface area contributed by atoms with Gasteiger partial charge in [0.25, 0.3) is 5.56 Å². The number of aromatic nitrogens is 4. The Bertz CT molecular complexity index is 1220. The van der Waals surface area contributed by atoms with Gasteiger partial charge in [0.2, 0.25) is 11.8 Å². The number of nitriles is 1. The smallest absolute Gasteiger partial charge is 0.266 e. The largest absolute Gasteiger partial charge is 0.326 e. The predicted octanol–water partition coefficient (Wildman–Crippen LogP) is 2.23. The number of carbonyl (C=O) groups excluding carboxylic acids is 2. The molecular formula is C22H23N7O3. The molecule has 0 aliphatic heterocycles. The molecule has 0 saturated heterocycles. The van der Waals surface area contributed by atoms with E-state index in [-0.39, 0.29) is 23.8 Å². The second-order valence-corrected chi connectivity index (χ2v) is 7.34. The summed E-state index contributed by atoms with van der Waals surface area (Å²) in [5.74, 6) is -0.444. The number of hydrogen-bond acceptors (Lipinski definition) is 6. The fourth-order valence-corrected chi connectivity index (χ4v) is 3.30. The lowest BCUT2D eigenvalue weighted by Gasteiger charge is -2.13. The SMILES string of the molecule is Cc1[nH]c(=O)c(C#N)c(C)c1CCC(=O)Nc1ccc(NC(=O)C(C)n2cncn2)cc1. The molecule has 0 radical (unpaired) electrons. The van der Waals surface area contributed by atoms with E-state index < -0.39 is 11.6 Å². The molecule has 1 unspecified atom stereocenters. The van der Waals surface area contributed by atoms with Crippen LogP contribution in [0, 0.1) is 25.2 Å². The summed E-state index contributed by atoms with van der Waals surface area (Å²) in [6.07, 6.45) is 3.42. The summed E-state index contributed by atoms with van der Waals surface area (Å²) in [4.78, 5) is 43.0. The molecule has 3 aromatic rings. The van der Waals surface area contributed by atoms with Crippen molar-refractivity contribution >= 4 is 23.2 Å². The maximum Gasteiger partial charge on any atom is 0.266 e. The predicted molar refractivity (Wildman–Crippen MR) is 118 cm³/mol. The van der Waals surface area contributed by atoms with Crippen molar-refractivity contribution in [1.82, 2.24) is 19.7 Å². The van der Waals surface area contributed by atoms with Crippen molar-refractivity contribution < 1.29 is 9.59 Å². The third kappa shape index (κ3) is 5.07. The Morgan fingerprint density at radius 1 is 1.19 bits per heavy atom. The number of pyridine rings is 1. The first-order chi connectivity index (χ1) is 15.3. The summed E-state index contributed by atoms with van der Waals surface area (Å²) >= 11 is 0. The zero-order valence-corrected chi connectivity index (χ0v) is 18.0. The molecule has 0 saturated carbocycles. The monoisotopic (exact) mass is 433 g/mol. The van der Waals surface area contributed by atoms with Crippen molar-refractivity contribution in [1.29, 1.82) is 5.26 Å². The lowest BCUT2D eigenvalue weighted by molar-refractivity contribution is -0.119. The van der Waals surface area contributed by atoms with Gasteiger partial charge in [-0.3, -0.25) is 14.4 Å². The van der Waals surface area contributed by atoms with E-state index in [9.17, 15) is 14.4 Å². The fourth-order valence-electron chi connectivity index (χ4n) is 3.30. The Hall–Kier alpha value is -4.26. The van der Waals surface area contributed by atoms with Gasteiger partial charge in [-0.1, -0.05) is 0 Å². The highest BCUT2D eigenvalue weighted by atomic mass is 16.2. The molecule has 2 amide bonds. The van der Waals surface area contributed by atoms with E-state index in [0.717, 1.165) is 5.56 Å². The lowest BCUT2D eigenvalue weighted by Crippen LogP contribution is -2.24. The number of nitrogens with one attached hydrogen (secondary N) is 3. The molecular weight excluding hydrogens is 410 g/mol. The third-order valence-electron chi connectivity index (χ3n) is 5.17. The minimum atomic E-state index is -0.515. The van der Waals surface area contributed by atoms with Gasteiger partial charge in [0.1, 0.15) is 30.3 Å². The van der Waals surface area contributed by atoms with Crippen molar-refractivity contribution in [3.63, 3.8) is 0 Å².